The zero-order valence-corrected chi connectivity index (χ0v) is 15.4. The van der Waals surface area contributed by atoms with Gasteiger partial charge in [0.15, 0.2) is 5.43 Å². The Bertz CT molecular complexity index is 1340. The highest BCUT2D eigenvalue weighted by Crippen LogP contribution is 2.29. The van der Waals surface area contributed by atoms with E-state index in [1.165, 1.54) is 10.8 Å². The van der Waals surface area contributed by atoms with Gasteiger partial charge in [-0.05, 0) is 49.6 Å². The summed E-state index contributed by atoms with van der Waals surface area (Å²) in [6.45, 7) is 4.06. The van der Waals surface area contributed by atoms with Crippen LogP contribution in [-0.4, -0.2) is 4.57 Å². The van der Waals surface area contributed by atoms with Crippen LogP contribution in [0.4, 0.5) is 0 Å². The number of hydrogen-bond donors (Lipinski definition) is 0. The van der Waals surface area contributed by atoms with Crippen LogP contribution in [0.15, 0.2) is 83.7 Å². The van der Waals surface area contributed by atoms with Gasteiger partial charge in [0.2, 0.25) is 0 Å². The van der Waals surface area contributed by atoms with Crippen molar-refractivity contribution in [3.05, 3.63) is 100 Å². The molecule has 5 aromatic rings. The van der Waals surface area contributed by atoms with Crippen molar-refractivity contribution in [1.29, 1.82) is 0 Å². The van der Waals surface area contributed by atoms with Gasteiger partial charge in [0.1, 0.15) is 0 Å². The zero-order valence-electron chi connectivity index (χ0n) is 15.4. The standard InChI is InChI=1S/C25H19NO/c1-16-10-12-23-20(14-16)25(27)21-15-17(2)11-13-24(21)26(23)22-9-5-7-18-6-3-4-8-19(18)22/h3-15H,1-2H3. The summed E-state index contributed by atoms with van der Waals surface area (Å²) in [6, 6.07) is 27.0. The molecule has 0 aliphatic carbocycles. The number of nitrogens with zero attached hydrogens (tertiary/aromatic N) is 1. The highest BCUT2D eigenvalue weighted by Gasteiger charge is 2.14. The predicted octanol–water partition coefficient (Wildman–Crippen LogP) is 5.91. The van der Waals surface area contributed by atoms with Crippen molar-refractivity contribution in [1.82, 2.24) is 4.57 Å². The van der Waals surface area contributed by atoms with E-state index in [2.05, 4.69) is 71.3 Å². The molecule has 0 amide bonds. The monoisotopic (exact) mass is 349 g/mol. The molecule has 5 rings (SSSR count). The summed E-state index contributed by atoms with van der Waals surface area (Å²) >= 11 is 0. The van der Waals surface area contributed by atoms with Crippen molar-refractivity contribution in [2.75, 3.05) is 0 Å². The van der Waals surface area contributed by atoms with Crippen LogP contribution in [0.1, 0.15) is 11.1 Å². The van der Waals surface area contributed by atoms with Gasteiger partial charge in [-0.2, -0.15) is 0 Å². The number of aromatic nitrogens is 1. The minimum absolute atomic E-state index is 0.101. The number of rotatable bonds is 1. The van der Waals surface area contributed by atoms with E-state index in [1.807, 2.05) is 26.0 Å². The SMILES string of the molecule is Cc1ccc2c(c1)c(=O)c1cc(C)ccc1n2-c1cccc2ccccc12. The summed E-state index contributed by atoms with van der Waals surface area (Å²) in [5.41, 5.74) is 5.27. The maximum Gasteiger partial charge on any atom is 0.197 e. The Labute approximate surface area is 157 Å². The number of hydrogen-bond acceptors (Lipinski definition) is 1. The zero-order chi connectivity index (χ0) is 18.5. The van der Waals surface area contributed by atoms with Crippen molar-refractivity contribution in [2.24, 2.45) is 0 Å². The molecule has 0 radical (unpaired) electrons. The van der Waals surface area contributed by atoms with E-state index in [1.54, 1.807) is 0 Å². The molecule has 2 heteroatoms. The molecule has 27 heavy (non-hydrogen) atoms. The lowest BCUT2D eigenvalue weighted by Gasteiger charge is -2.18. The van der Waals surface area contributed by atoms with Gasteiger partial charge in [-0.15, -0.1) is 0 Å². The topological polar surface area (TPSA) is 22.0 Å². The van der Waals surface area contributed by atoms with Gasteiger partial charge in [-0.3, -0.25) is 4.79 Å². The van der Waals surface area contributed by atoms with Gasteiger partial charge in [0.25, 0.3) is 0 Å². The molecule has 0 atom stereocenters. The van der Waals surface area contributed by atoms with Crippen molar-refractivity contribution in [3.63, 3.8) is 0 Å². The number of pyridine rings is 1. The number of aryl methyl sites for hydroxylation is 2. The first-order valence-corrected chi connectivity index (χ1v) is 9.17. The predicted molar refractivity (Wildman–Crippen MR) is 114 cm³/mol. The van der Waals surface area contributed by atoms with Gasteiger partial charge >= 0.3 is 0 Å². The van der Waals surface area contributed by atoms with Crippen molar-refractivity contribution >= 4 is 32.6 Å². The molecule has 0 fully saturated rings. The molecule has 0 bridgehead atoms. The van der Waals surface area contributed by atoms with E-state index in [0.29, 0.717) is 0 Å². The van der Waals surface area contributed by atoms with E-state index in [9.17, 15) is 4.79 Å². The fourth-order valence-electron chi connectivity index (χ4n) is 3.99. The van der Waals surface area contributed by atoms with Crippen LogP contribution in [0, 0.1) is 13.8 Å². The molecule has 0 saturated heterocycles. The Morgan fingerprint density at radius 2 is 1.22 bits per heavy atom. The third-order valence-electron chi connectivity index (χ3n) is 5.28. The Hall–Kier alpha value is -3.39. The minimum Gasteiger partial charge on any atom is -0.308 e. The first-order chi connectivity index (χ1) is 13.1. The Kier molecular flexibility index (Phi) is 3.41. The van der Waals surface area contributed by atoms with E-state index in [0.717, 1.165) is 38.6 Å². The van der Waals surface area contributed by atoms with Crippen LogP contribution in [-0.2, 0) is 0 Å². The number of fused-ring (bicyclic) bond motifs is 3. The van der Waals surface area contributed by atoms with Crippen LogP contribution >= 0.6 is 0 Å². The van der Waals surface area contributed by atoms with E-state index < -0.39 is 0 Å². The summed E-state index contributed by atoms with van der Waals surface area (Å²) < 4.78 is 2.23. The molecule has 1 aromatic heterocycles. The molecule has 130 valence electrons. The Morgan fingerprint density at radius 1 is 0.630 bits per heavy atom. The second-order valence-corrected chi connectivity index (χ2v) is 7.20. The maximum atomic E-state index is 13.2. The minimum atomic E-state index is 0.101. The molecule has 2 nitrogen and oxygen atoms in total. The van der Waals surface area contributed by atoms with Gasteiger partial charge in [0, 0.05) is 16.2 Å². The van der Waals surface area contributed by atoms with Crippen molar-refractivity contribution in [3.8, 4) is 5.69 Å². The molecule has 1 heterocycles. The van der Waals surface area contributed by atoms with Crippen LogP contribution in [0.3, 0.4) is 0 Å². The first-order valence-electron chi connectivity index (χ1n) is 9.17. The van der Waals surface area contributed by atoms with E-state index in [4.69, 9.17) is 0 Å². The Balaban J connectivity index is 2.07. The summed E-state index contributed by atoms with van der Waals surface area (Å²) in [7, 11) is 0. The molecule has 0 spiro atoms. The lowest BCUT2D eigenvalue weighted by atomic mass is 10.0. The van der Waals surface area contributed by atoms with Crippen molar-refractivity contribution in [2.45, 2.75) is 13.8 Å². The fourth-order valence-corrected chi connectivity index (χ4v) is 3.99. The molecular weight excluding hydrogens is 330 g/mol. The highest BCUT2D eigenvalue weighted by molar-refractivity contribution is 5.99. The van der Waals surface area contributed by atoms with E-state index >= 15 is 0 Å². The summed E-state index contributed by atoms with van der Waals surface area (Å²) in [5, 5.41) is 3.89. The summed E-state index contributed by atoms with van der Waals surface area (Å²) in [6.07, 6.45) is 0. The molecule has 0 unspecified atom stereocenters. The highest BCUT2D eigenvalue weighted by atomic mass is 16.1. The average molecular weight is 349 g/mol. The molecular formula is C25H19NO. The molecule has 4 aromatic carbocycles. The smallest absolute Gasteiger partial charge is 0.197 e. The largest absolute Gasteiger partial charge is 0.308 e. The third-order valence-corrected chi connectivity index (χ3v) is 5.28. The van der Waals surface area contributed by atoms with Crippen LogP contribution in [0.5, 0.6) is 0 Å². The molecule has 0 N–H and O–H groups in total. The van der Waals surface area contributed by atoms with Gasteiger partial charge in [-0.25, -0.2) is 0 Å². The van der Waals surface area contributed by atoms with Crippen LogP contribution < -0.4 is 5.43 Å². The quantitative estimate of drug-likeness (QED) is 0.345. The lowest BCUT2D eigenvalue weighted by molar-refractivity contribution is 1.17. The second-order valence-electron chi connectivity index (χ2n) is 7.20. The van der Waals surface area contributed by atoms with Gasteiger partial charge in [0.05, 0.1) is 16.7 Å². The third kappa shape index (κ3) is 2.37. The van der Waals surface area contributed by atoms with E-state index in [-0.39, 0.29) is 5.43 Å². The van der Waals surface area contributed by atoms with Gasteiger partial charge < -0.3 is 4.57 Å². The second kappa shape index (κ2) is 5.82. The maximum absolute atomic E-state index is 13.2. The molecule has 0 saturated carbocycles. The summed E-state index contributed by atoms with van der Waals surface area (Å²) in [5.74, 6) is 0. The molecule has 0 aliphatic rings. The fraction of sp³-hybridized carbons (Fsp3) is 0.0800. The molecule has 0 aliphatic heterocycles. The van der Waals surface area contributed by atoms with Gasteiger partial charge in [-0.1, -0.05) is 59.7 Å². The first kappa shape index (κ1) is 15.8. The Morgan fingerprint density at radius 3 is 1.89 bits per heavy atom. The normalized spacial score (nSPS) is 11.5. The van der Waals surface area contributed by atoms with Crippen molar-refractivity contribution < 1.29 is 0 Å². The lowest BCUT2D eigenvalue weighted by Crippen LogP contribution is -2.11. The van der Waals surface area contributed by atoms with Crippen LogP contribution in [0.25, 0.3) is 38.3 Å². The summed E-state index contributed by atoms with van der Waals surface area (Å²) in [4.78, 5) is 13.2. The van der Waals surface area contributed by atoms with Crippen LogP contribution in [0.2, 0.25) is 0 Å². The average Bonchev–Trinajstić information content (AvgIpc) is 2.69. The number of benzene rings is 4.